The van der Waals surface area contributed by atoms with Gasteiger partial charge in [-0.2, -0.15) is 0 Å². The first-order valence-corrected chi connectivity index (χ1v) is 36.1. The molecular weight excluding hydrogens is 1480 g/mol. The Balaban J connectivity index is 0.000000214. The summed E-state index contributed by atoms with van der Waals surface area (Å²) in [7, 11) is -13.2. The zero-order valence-corrected chi connectivity index (χ0v) is 59.8. The van der Waals surface area contributed by atoms with Gasteiger partial charge in [0, 0.05) is 36.8 Å². The van der Waals surface area contributed by atoms with Crippen LogP contribution in [-0.2, 0) is 83.6 Å². The van der Waals surface area contributed by atoms with E-state index in [0.717, 1.165) is 31.9 Å². The normalized spacial score (nSPS) is 26.1. The summed E-state index contributed by atoms with van der Waals surface area (Å²) in [4.78, 5) is 107. The van der Waals surface area contributed by atoms with Gasteiger partial charge in [-0.15, -0.1) is 34.8 Å². The predicted octanol–water partition coefficient (Wildman–Crippen LogP) is 4.73. The Morgan fingerprint density at radius 2 is 0.657 bits per heavy atom. The summed E-state index contributed by atoms with van der Waals surface area (Å²) in [5.41, 5.74) is -4.24. The quantitative estimate of drug-likeness (QED) is 0.0154. The molecule has 0 saturated carbocycles. The van der Waals surface area contributed by atoms with Crippen LogP contribution in [0.3, 0.4) is 0 Å². The van der Waals surface area contributed by atoms with Crippen molar-refractivity contribution in [2.24, 2.45) is 0 Å². The highest BCUT2D eigenvalue weighted by Gasteiger charge is 2.57. The van der Waals surface area contributed by atoms with Gasteiger partial charge in [-0.25, -0.2) is 42.5 Å². The van der Waals surface area contributed by atoms with Crippen molar-refractivity contribution >= 4 is 76.2 Å². The highest BCUT2D eigenvalue weighted by atomic mass is 35.5. The Bertz CT molecular complexity index is 3890. The highest BCUT2D eigenvalue weighted by Crippen LogP contribution is 2.54. The van der Waals surface area contributed by atoms with Crippen molar-refractivity contribution in [1.82, 2.24) is 28.7 Å². The van der Waals surface area contributed by atoms with Crippen LogP contribution in [0, 0.1) is 0 Å². The lowest BCUT2D eigenvalue weighted by Crippen LogP contribution is -2.43. The van der Waals surface area contributed by atoms with E-state index in [1.165, 1.54) is 75.8 Å². The van der Waals surface area contributed by atoms with Gasteiger partial charge in [-0.05, 0) is 77.9 Å². The van der Waals surface area contributed by atoms with Crippen LogP contribution in [0.15, 0.2) is 157 Å². The highest BCUT2D eigenvalue weighted by molar-refractivity contribution is 7.49. The van der Waals surface area contributed by atoms with E-state index >= 15 is 0 Å². The second kappa shape index (κ2) is 36.3. The molecule has 0 spiro atoms. The number of carbonyl (C=O) groups excluding carboxylic acids is 3. The van der Waals surface area contributed by atoms with Crippen LogP contribution >= 0.6 is 58.3 Å². The molecule has 3 saturated heterocycles. The number of phosphoric ester groups is 3. The first kappa shape index (κ1) is 81.9. The molecule has 3 aliphatic heterocycles. The third-order valence-corrected chi connectivity index (χ3v) is 19.7. The molecule has 558 valence electrons. The Labute approximate surface area is 593 Å². The fourth-order valence-electron chi connectivity index (χ4n) is 9.49. The maximum atomic E-state index is 13.2. The summed E-state index contributed by atoms with van der Waals surface area (Å²) in [5, 5.41) is 32.1. The van der Waals surface area contributed by atoms with Gasteiger partial charge < -0.3 is 57.3 Å². The molecule has 6 aromatic rings. The average molecular weight is 1560 g/mol. The number of alkyl halides is 3. The molecule has 9 rings (SSSR count). The van der Waals surface area contributed by atoms with Crippen molar-refractivity contribution in [2.75, 3.05) is 59.5 Å². The molecular formula is C60H72Cl3N6O30P3. The number of halogens is 3. The van der Waals surface area contributed by atoms with Gasteiger partial charge in [0.05, 0.1) is 39.6 Å². The van der Waals surface area contributed by atoms with Gasteiger partial charge in [-0.1, -0.05) is 54.6 Å². The maximum absolute atomic E-state index is 13.2. The summed E-state index contributed by atoms with van der Waals surface area (Å²) >= 11 is 19.4. The van der Waals surface area contributed by atoms with E-state index in [1.54, 1.807) is 75.4 Å². The number of esters is 3. The van der Waals surface area contributed by atoms with Crippen molar-refractivity contribution in [3.05, 3.63) is 190 Å². The summed E-state index contributed by atoms with van der Waals surface area (Å²) in [6, 6.07) is 27.2. The standard InChI is InChI=1S/3C20H24ClN2O10P/c3*1-3-29-16(25)12-31-34(28,33-13-7-5-4-6-8-13)30-11-14-17(26)20(2,21)18(32-14)23-10-9-15(24)22-19(23)27/h3*4-10,14,17-18,26H,3,11-12H2,1-2H3,(H,22,24,27)/t3*14-,17-,18-,20-,34?/m111/s1. The Morgan fingerprint density at radius 1 is 0.422 bits per heavy atom. The number of H-pyrrole nitrogens is 3. The molecule has 0 bridgehead atoms. The van der Waals surface area contributed by atoms with E-state index in [4.69, 9.17) is 104 Å². The molecule has 102 heavy (non-hydrogen) atoms. The Hall–Kier alpha value is -7.41. The van der Waals surface area contributed by atoms with E-state index in [0.29, 0.717) is 0 Å². The predicted molar refractivity (Wildman–Crippen MR) is 356 cm³/mol. The fraction of sp³-hybridized carbons (Fsp3) is 0.450. The number of nitrogens with one attached hydrogen (secondary N) is 3. The van der Waals surface area contributed by atoms with Gasteiger partial charge in [0.1, 0.15) is 68.5 Å². The molecule has 6 heterocycles. The number of rotatable bonds is 30. The lowest BCUT2D eigenvalue weighted by molar-refractivity contribution is -0.146. The maximum Gasteiger partial charge on any atom is 0.530 e. The van der Waals surface area contributed by atoms with Crippen LogP contribution in [0.5, 0.6) is 17.2 Å². The molecule has 0 radical (unpaired) electrons. The van der Waals surface area contributed by atoms with Crippen molar-refractivity contribution < 1.29 is 113 Å². The minimum absolute atomic E-state index is 0.0921. The number of aliphatic hydroxyl groups is 3. The summed E-state index contributed by atoms with van der Waals surface area (Å²) < 4.78 is 122. The van der Waals surface area contributed by atoms with Gasteiger partial charge in [-0.3, -0.25) is 70.2 Å². The number of para-hydroxylation sites is 3. The Kier molecular flexibility index (Phi) is 29.2. The number of hydrogen-bond donors (Lipinski definition) is 6. The van der Waals surface area contributed by atoms with Crippen LogP contribution in [0.2, 0.25) is 0 Å². The zero-order valence-electron chi connectivity index (χ0n) is 54.9. The second-order valence-electron chi connectivity index (χ2n) is 22.1. The van der Waals surface area contributed by atoms with Gasteiger partial charge in [0.25, 0.3) is 16.7 Å². The largest absolute Gasteiger partial charge is 0.530 e. The SMILES string of the molecule is CCOC(=O)COP(=O)(OC[C@H]1O[C@@H](n2ccc(=O)[nH]c2=O)[C@](C)(Cl)[C@@H]1O)Oc1ccccc1.CCOC(=O)COP(=O)(OC[C@H]1O[C@@H](n2ccc(=O)[nH]c2=O)[C@](C)(Cl)[C@@H]1O)Oc1ccccc1.CCOC(=O)COP(=O)(OC[C@H]1O[C@@H](n2ccc(=O)[nH]c2=O)[C@](C)(Cl)[C@@H]1O)Oc1ccccc1. The van der Waals surface area contributed by atoms with Gasteiger partial charge in [0.2, 0.25) is 0 Å². The van der Waals surface area contributed by atoms with Crippen LogP contribution in [0.1, 0.15) is 60.2 Å². The van der Waals surface area contributed by atoms with Gasteiger partial charge in [0.15, 0.2) is 38.5 Å². The van der Waals surface area contributed by atoms with Crippen molar-refractivity contribution in [3.8, 4) is 17.2 Å². The first-order chi connectivity index (χ1) is 48.2. The summed E-state index contributed by atoms with van der Waals surface area (Å²) in [6.07, 6.45) is -7.78. The van der Waals surface area contributed by atoms with E-state index in [9.17, 15) is 72.2 Å². The number of nitrogens with zero attached hydrogens (tertiary/aromatic N) is 3. The van der Waals surface area contributed by atoms with Crippen LogP contribution in [0.25, 0.3) is 0 Å². The molecule has 42 heteroatoms. The van der Waals surface area contributed by atoms with E-state index in [2.05, 4.69) is 15.0 Å². The number of carbonyl (C=O) groups is 3. The van der Waals surface area contributed by atoms with Crippen molar-refractivity contribution in [3.63, 3.8) is 0 Å². The van der Waals surface area contributed by atoms with E-state index < -0.39 is 185 Å². The molecule has 3 aliphatic rings. The number of aliphatic hydroxyl groups excluding tert-OH is 3. The monoisotopic (exact) mass is 1550 g/mol. The molecule has 15 atom stereocenters. The van der Waals surface area contributed by atoms with Crippen LogP contribution in [0.4, 0.5) is 0 Å². The molecule has 0 aliphatic carbocycles. The van der Waals surface area contributed by atoms with Crippen molar-refractivity contribution in [2.45, 2.75) is 111 Å². The second-order valence-corrected chi connectivity index (χ2v) is 29.3. The van der Waals surface area contributed by atoms with Gasteiger partial charge >= 0.3 is 58.4 Å². The summed E-state index contributed by atoms with van der Waals surface area (Å²) in [6.45, 7) is 5.61. The molecule has 3 fully saturated rings. The molecule has 36 nitrogen and oxygen atoms in total. The summed E-state index contributed by atoms with van der Waals surface area (Å²) in [5.74, 6) is -1.93. The van der Waals surface area contributed by atoms with E-state index in [1.807, 2.05) is 0 Å². The smallest absolute Gasteiger partial charge is 0.464 e. The molecule has 3 unspecified atom stereocenters. The fourth-order valence-corrected chi connectivity index (χ4v) is 13.8. The zero-order chi connectivity index (χ0) is 74.8. The average Bonchev–Trinajstić information content (AvgIpc) is 1.63. The molecule has 6 N–H and O–H groups in total. The number of benzene rings is 3. The third kappa shape index (κ3) is 22.1. The lowest BCUT2D eigenvalue weighted by atomic mass is 10.0. The first-order valence-electron chi connectivity index (χ1n) is 30.6. The number of hydrogen-bond acceptors (Lipinski definition) is 30. The minimum Gasteiger partial charge on any atom is -0.464 e. The van der Waals surface area contributed by atoms with Crippen LogP contribution in [-0.4, -0.2) is 173 Å². The topological polar surface area (TPSA) is 466 Å². The minimum atomic E-state index is -4.40. The molecule has 3 aromatic heterocycles. The number of aromatic nitrogens is 6. The van der Waals surface area contributed by atoms with Crippen molar-refractivity contribution in [1.29, 1.82) is 0 Å². The number of ether oxygens (including phenoxy) is 6. The van der Waals surface area contributed by atoms with Crippen LogP contribution < -0.4 is 47.3 Å². The van der Waals surface area contributed by atoms with E-state index in [-0.39, 0.29) is 37.1 Å². The molecule has 0 amide bonds. The number of phosphoric acid groups is 3. The molecule has 3 aromatic carbocycles. The third-order valence-electron chi connectivity index (χ3n) is 14.5. The lowest BCUT2D eigenvalue weighted by Gasteiger charge is -2.26. The Morgan fingerprint density at radius 3 is 0.873 bits per heavy atom. The number of aromatic amines is 3.